The maximum Gasteiger partial charge on any atom is 0.249 e. The summed E-state index contributed by atoms with van der Waals surface area (Å²) in [4.78, 5) is 13.6. The molecule has 3 aromatic carbocycles. The number of nitrogens with zero attached hydrogens (tertiary/aromatic N) is 4. The van der Waals surface area contributed by atoms with Crippen molar-refractivity contribution in [2.45, 2.75) is 25.8 Å². The van der Waals surface area contributed by atoms with Crippen molar-refractivity contribution in [3.63, 3.8) is 0 Å². The molecular weight excluding hydrogens is 426 g/mol. The SMILES string of the molecule is Cc1cc(Cl)cc2nn(CC(C)(C#N)c3cc(Oc4ccccc4)ccc3C(N)=O)nc12. The summed E-state index contributed by atoms with van der Waals surface area (Å²) >= 11 is 6.13. The number of carbonyl (C=O) groups is 1. The molecule has 0 saturated carbocycles. The van der Waals surface area contributed by atoms with Gasteiger partial charge in [0.2, 0.25) is 5.91 Å². The normalized spacial score (nSPS) is 12.8. The second-order valence-corrected chi connectivity index (χ2v) is 8.19. The van der Waals surface area contributed by atoms with Crippen molar-refractivity contribution in [3.05, 3.63) is 82.4 Å². The number of aryl methyl sites for hydroxylation is 1. The Morgan fingerprint density at radius 3 is 2.59 bits per heavy atom. The molecule has 2 N–H and O–H groups in total. The molecule has 160 valence electrons. The highest BCUT2D eigenvalue weighted by molar-refractivity contribution is 6.31. The van der Waals surface area contributed by atoms with Crippen LogP contribution in [0.3, 0.4) is 0 Å². The molecule has 8 heteroatoms. The summed E-state index contributed by atoms with van der Waals surface area (Å²) < 4.78 is 5.91. The molecule has 4 rings (SSSR count). The molecule has 0 bridgehead atoms. The minimum Gasteiger partial charge on any atom is -0.457 e. The number of benzene rings is 3. The first kappa shape index (κ1) is 21.3. The molecular formula is C24H20ClN5O2. The largest absolute Gasteiger partial charge is 0.457 e. The van der Waals surface area contributed by atoms with Gasteiger partial charge in [-0.2, -0.15) is 20.3 Å². The topological polar surface area (TPSA) is 107 Å². The first-order valence-electron chi connectivity index (χ1n) is 9.88. The molecule has 4 aromatic rings. The monoisotopic (exact) mass is 445 g/mol. The lowest BCUT2D eigenvalue weighted by Crippen LogP contribution is -2.31. The number of aromatic nitrogens is 3. The Kier molecular flexibility index (Phi) is 5.56. The standard InChI is InChI=1S/C24H20ClN5O2/c1-15-10-16(25)11-21-22(15)29-30(28-21)14-24(2,13-26)20-12-18(8-9-19(20)23(27)31)32-17-6-4-3-5-7-17/h3-12H,14H2,1-2H3,(H2,27,31). The Hall–Kier alpha value is -3.89. The third kappa shape index (κ3) is 4.13. The van der Waals surface area contributed by atoms with Gasteiger partial charge in [0.1, 0.15) is 27.9 Å². The number of amides is 1. The van der Waals surface area contributed by atoms with Gasteiger partial charge in [-0.3, -0.25) is 4.79 Å². The smallest absolute Gasteiger partial charge is 0.249 e. The predicted octanol–water partition coefficient (Wildman–Crippen LogP) is 4.77. The fourth-order valence-electron chi connectivity index (χ4n) is 3.60. The van der Waals surface area contributed by atoms with Gasteiger partial charge in [0.05, 0.1) is 12.6 Å². The summed E-state index contributed by atoms with van der Waals surface area (Å²) in [5.41, 5.74) is 7.36. The van der Waals surface area contributed by atoms with Crippen LogP contribution in [0.25, 0.3) is 11.0 Å². The van der Waals surface area contributed by atoms with Gasteiger partial charge in [-0.05, 0) is 67.4 Å². The maximum atomic E-state index is 12.1. The van der Waals surface area contributed by atoms with Crippen LogP contribution in [0.2, 0.25) is 5.02 Å². The molecule has 0 aliphatic rings. The van der Waals surface area contributed by atoms with Crippen molar-refractivity contribution in [1.82, 2.24) is 15.0 Å². The number of hydrogen-bond acceptors (Lipinski definition) is 5. The van der Waals surface area contributed by atoms with Crippen LogP contribution in [0.15, 0.2) is 60.7 Å². The second kappa shape index (κ2) is 8.33. The van der Waals surface area contributed by atoms with E-state index >= 15 is 0 Å². The zero-order chi connectivity index (χ0) is 22.9. The molecule has 0 aliphatic carbocycles. The molecule has 0 aliphatic heterocycles. The lowest BCUT2D eigenvalue weighted by molar-refractivity contribution is 0.0998. The molecule has 0 saturated heterocycles. The van der Waals surface area contributed by atoms with E-state index in [0.29, 0.717) is 33.1 Å². The molecule has 1 aromatic heterocycles. The number of nitriles is 1. The van der Waals surface area contributed by atoms with Crippen molar-refractivity contribution >= 4 is 28.5 Å². The average molecular weight is 446 g/mol. The zero-order valence-electron chi connectivity index (χ0n) is 17.5. The van der Waals surface area contributed by atoms with Gasteiger partial charge >= 0.3 is 0 Å². The maximum absolute atomic E-state index is 12.1. The van der Waals surface area contributed by atoms with Gasteiger partial charge in [-0.25, -0.2) is 0 Å². The lowest BCUT2D eigenvalue weighted by Gasteiger charge is -2.24. The first-order chi connectivity index (χ1) is 15.3. The van der Waals surface area contributed by atoms with E-state index in [-0.39, 0.29) is 12.1 Å². The second-order valence-electron chi connectivity index (χ2n) is 7.75. The van der Waals surface area contributed by atoms with E-state index in [9.17, 15) is 10.1 Å². The third-order valence-electron chi connectivity index (χ3n) is 5.22. The Balaban J connectivity index is 1.76. The Labute approximate surface area is 190 Å². The van der Waals surface area contributed by atoms with Crippen LogP contribution in [-0.4, -0.2) is 20.9 Å². The molecule has 1 heterocycles. The number of carbonyl (C=O) groups excluding carboxylic acids is 1. The van der Waals surface area contributed by atoms with Gasteiger partial charge < -0.3 is 10.5 Å². The number of ether oxygens (including phenoxy) is 1. The zero-order valence-corrected chi connectivity index (χ0v) is 18.3. The van der Waals surface area contributed by atoms with Crippen molar-refractivity contribution in [2.75, 3.05) is 0 Å². The van der Waals surface area contributed by atoms with Crippen LogP contribution >= 0.6 is 11.6 Å². The summed E-state index contributed by atoms with van der Waals surface area (Å²) in [6.07, 6.45) is 0. The number of rotatable bonds is 6. The van der Waals surface area contributed by atoms with Crippen LogP contribution < -0.4 is 10.5 Å². The average Bonchev–Trinajstić information content (AvgIpc) is 3.16. The number of para-hydroxylation sites is 1. The van der Waals surface area contributed by atoms with E-state index < -0.39 is 11.3 Å². The van der Waals surface area contributed by atoms with Gasteiger partial charge in [0, 0.05) is 10.6 Å². The highest BCUT2D eigenvalue weighted by atomic mass is 35.5. The van der Waals surface area contributed by atoms with Crippen molar-refractivity contribution in [2.24, 2.45) is 5.73 Å². The highest BCUT2D eigenvalue weighted by Gasteiger charge is 2.33. The summed E-state index contributed by atoms with van der Waals surface area (Å²) in [6.45, 7) is 3.71. The molecule has 1 amide bonds. The van der Waals surface area contributed by atoms with E-state index in [1.807, 2.05) is 43.3 Å². The van der Waals surface area contributed by atoms with Crippen LogP contribution in [0.1, 0.15) is 28.4 Å². The Morgan fingerprint density at radius 2 is 1.91 bits per heavy atom. The van der Waals surface area contributed by atoms with Gasteiger partial charge in [-0.1, -0.05) is 29.8 Å². The van der Waals surface area contributed by atoms with Crippen LogP contribution in [0.4, 0.5) is 0 Å². The van der Waals surface area contributed by atoms with E-state index in [1.54, 1.807) is 31.2 Å². The highest BCUT2D eigenvalue weighted by Crippen LogP contribution is 2.33. The van der Waals surface area contributed by atoms with Crippen LogP contribution in [-0.2, 0) is 12.0 Å². The van der Waals surface area contributed by atoms with Crippen molar-refractivity contribution < 1.29 is 9.53 Å². The van der Waals surface area contributed by atoms with Crippen LogP contribution in [0.5, 0.6) is 11.5 Å². The first-order valence-corrected chi connectivity index (χ1v) is 10.3. The summed E-state index contributed by atoms with van der Waals surface area (Å²) in [6, 6.07) is 20.0. The lowest BCUT2D eigenvalue weighted by atomic mass is 9.81. The van der Waals surface area contributed by atoms with Crippen LogP contribution in [0, 0.1) is 18.3 Å². The minimum absolute atomic E-state index is 0.101. The number of hydrogen-bond donors (Lipinski definition) is 1. The number of nitrogens with two attached hydrogens (primary N) is 1. The van der Waals surface area contributed by atoms with Gasteiger partial charge in [0.25, 0.3) is 0 Å². The molecule has 1 atom stereocenters. The Morgan fingerprint density at radius 1 is 1.16 bits per heavy atom. The van der Waals surface area contributed by atoms with E-state index in [2.05, 4.69) is 16.3 Å². The van der Waals surface area contributed by atoms with Crippen molar-refractivity contribution in [1.29, 1.82) is 5.26 Å². The number of fused-ring (bicyclic) bond motifs is 1. The fourth-order valence-corrected chi connectivity index (χ4v) is 3.87. The molecule has 7 nitrogen and oxygen atoms in total. The van der Waals surface area contributed by atoms with Gasteiger partial charge in [-0.15, -0.1) is 0 Å². The molecule has 0 radical (unpaired) electrons. The number of halogens is 1. The molecule has 0 fully saturated rings. The van der Waals surface area contributed by atoms with E-state index in [1.165, 1.54) is 4.80 Å². The Bertz CT molecular complexity index is 1360. The van der Waals surface area contributed by atoms with E-state index in [0.717, 1.165) is 5.56 Å². The number of primary amides is 1. The molecule has 1 unspecified atom stereocenters. The van der Waals surface area contributed by atoms with Gasteiger partial charge in [0.15, 0.2) is 0 Å². The summed E-state index contributed by atoms with van der Waals surface area (Å²) in [7, 11) is 0. The summed E-state index contributed by atoms with van der Waals surface area (Å²) in [5.74, 6) is 0.490. The van der Waals surface area contributed by atoms with Crippen molar-refractivity contribution in [3.8, 4) is 17.6 Å². The predicted molar refractivity (Wildman–Crippen MR) is 122 cm³/mol. The molecule has 32 heavy (non-hydrogen) atoms. The third-order valence-corrected chi connectivity index (χ3v) is 5.44. The molecule has 0 spiro atoms. The summed E-state index contributed by atoms with van der Waals surface area (Å²) in [5, 5.41) is 19.7. The minimum atomic E-state index is -1.16. The quantitative estimate of drug-likeness (QED) is 0.460. The van der Waals surface area contributed by atoms with E-state index in [4.69, 9.17) is 22.1 Å². The fraction of sp³-hybridized carbons (Fsp3) is 0.167.